The van der Waals surface area contributed by atoms with Crippen molar-refractivity contribution in [2.24, 2.45) is 0 Å². The molecule has 23 heavy (non-hydrogen) atoms. The van der Waals surface area contributed by atoms with E-state index in [1.165, 1.54) is 0 Å². The fraction of sp³-hybridized carbons (Fsp3) is 0.176. The average Bonchev–Trinajstić information content (AvgIpc) is 2.96. The van der Waals surface area contributed by atoms with Crippen LogP contribution in [-0.4, -0.2) is 23.6 Å². The second-order valence-electron chi connectivity index (χ2n) is 5.24. The first-order valence-electron chi connectivity index (χ1n) is 7.11. The zero-order valence-corrected chi connectivity index (χ0v) is 14.0. The first-order chi connectivity index (χ1) is 11.1. The molecule has 2 aromatic carbocycles. The molecule has 3 aromatic rings. The third-order valence-corrected chi connectivity index (χ3v) is 4.39. The van der Waals surface area contributed by atoms with Crippen molar-refractivity contribution in [2.75, 3.05) is 13.7 Å². The Morgan fingerprint density at radius 2 is 2.04 bits per heavy atom. The van der Waals surface area contributed by atoms with Crippen LogP contribution in [0.4, 0.5) is 0 Å². The number of ether oxygens (including phenoxy) is 1. The van der Waals surface area contributed by atoms with Gasteiger partial charge >= 0.3 is 0 Å². The number of nitro groups is 1. The third-order valence-electron chi connectivity index (χ3n) is 3.90. The summed E-state index contributed by atoms with van der Waals surface area (Å²) in [6, 6.07) is 13.4. The highest BCUT2D eigenvalue weighted by molar-refractivity contribution is 9.10. The summed E-state index contributed by atoms with van der Waals surface area (Å²) in [5, 5.41) is 12.2. The number of methoxy groups -OCH3 is 1. The maximum atomic E-state index is 11.2. The van der Waals surface area contributed by atoms with Crippen LogP contribution in [0.1, 0.15) is 17.0 Å². The van der Waals surface area contributed by atoms with Gasteiger partial charge in [0.25, 0.3) is 0 Å². The number of rotatable bonds is 5. The average molecular weight is 375 g/mol. The van der Waals surface area contributed by atoms with E-state index in [2.05, 4.69) is 20.9 Å². The molecule has 6 heteroatoms. The van der Waals surface area contributed by atoms with Crippen molar-refractivity contribution in [3.8, 4) is 5.75 Å². The molecule has 1 N–H and O–H groups in total. The smallest absolute Gasteiger partial charge is 0.214 e. The molecule has 0 saturated heterocycles. The van der Waals surface area contributed by atoms with Gasteiger partial charge in [-0.1, -0.05) is 34.1 Å². The van der Waals surface area contributed by atoms with E-state index in [9.17, 15) is 10.1 Å². The SMILES string of the molecule is COc1ccc(Br)cc1[C@H](C[N+](=O)[O-])c1c[nH]c2ccccc12. The number of fused-ring (bicyclic) bond motifs is 1. The number of hydrogen-bond donors (Lipinski definition) is 1. The van der Waals surface area contributed by atoms with Gasteiger partial charge < -0.3 is 9.72 Å². The summed E-state index contributed by atoms with van der Waals surface area (Å²) in [6.45, 7) is -0.200. The summed E-state index contributed by atoms with van der Waals surface area (Å²) >= 11 is 3.44. The molecule has 0 bridgehead atoms. The molecule has 0 spiro atoms. The first-order valence-corrected chi connectivity index (χ1v) is 7.90. The number of aromatic amines is 1. The van der Waals surface area contributed by atoms with E-state index >= 15 is 0 Å². The van der Waals surface area contributed by atoms with E-state index < -0.39 is 5.92 Å². The summed E-state index contributed by atoms with van der Waals surface area (Å²) < 4.78 is 6.28. The molecule has 0 fully saturated rings. The Morgan fingerprint density at radius 1 is 1.26 bits per heavy atom. The lowest BCUT2D eigenvalue weighted by atomic mass is 9.90. The van der Waals surface area contributed by atoms with Gasteiger partial charge in [-0.15, -0.1) is 0 Å². The molecule has 0 aliphatic carbocycles. The van der Waals surface area contributed by atoms with Crippen LogP contribution in [0.5, 0.6) is 5.75 Å². The summed E-state index contributed by atoms with van der Waals surface area (Å²) in [5.74, 6) is 0.249. The molecule has 5 nitrogen and oxygen atoms in total. The van der Waals surface area contributed by atoms with Gasteiger partial charge in [0.05, 0.1) is 13.0 Å². The predicted molar refractivity (Wildman–Crippen MR) is 92.7 cm³/mol. The van der Waals surface area contributed by atoms with Gasteiger partial charge in [0.2, 0.25) is 6.54 Å². The van der Waals surface area contributed by atoms with E-state index in [1.54, 1.807) is 7.11 Å². The number of aromatic nitrogens is 1. The maximum Gasteiger partial charge on any atom is 0.214 e. The van der Waals surface area contributed by atoms with Crippen molar-refractivity contribution in [1.29, 1.82) is 0 Å². The number of H-pyrrole nitrogens is 1. The van der Waals surface area contributed by atoms with Gasteiger partial charge in [-0.05, 0) is 29.8 Å². The number of halogens is 1. The van der Waals surface area contributed by atoms with Gasteiger partial charge in [0.1, 0.15) is 5.75 Å². The fourth-order valence-corrected chi connectivity index (χ4v) is 3.25. The lowest BCUT2D eigenvalue weighted by molar-refractivity contribution is -0.481. The molecule has 3 rings (SSSR count). The van der Waals surface area contributed by atoms with E-state index in [0.29, 0.717) is 5.75 Å². The fourth-order valence-electron chi connectivity index (χ4n) is 2.87. The molecule has 1 heterocycles. The second kappa shape index (κ2) is 6.42. The Kier molecular flexibility index (Phi) is 4.34. The van der Waals surface area contributed by atoms with E-state index in [1.807, 2.05) is 48.7 Å². The lowest BCUT2D eigenvalue weighted by Gasteiger charge is -2.17. The van der Waals surface area contributed by atoms with Crippen molar-refractivity contribution in [2.45, 2.75) is 5.92 Å². The molecule has 1 atom stereocenters. The normalized spacial score (nSPS) is 12.3. The molecule has 118 valence electrons. The first kappa shape index (κ1) is 15.6. The maximum absolute atomic E-state index is 11.2. The van der Waals surface area contributed by atoms with Crippen molar-refractivity contribution in [1.82, 2.24) is 4.98 Å². The van der Waals surface area contributed by atoms with Crippen LogP contribution < -0.4 is 4.74 Å². The monoisotopic (exact) mass is 374 g/mol. The Hall–Kier alpha value is -2.34. The number of hydrogen-bond acceptors (Lipinski definition) is 3. The quantitative estimate of drug-likeness (QED) is 0.533. The zero-order chi connectivity index (χ0) is 16.4. The molecule has 0 saturated carbocycles. The van der Waals surface area contributed by atoms with Crippen LogP contribution in [0.25, 0.3) is 10.9 Å². The van der Waals surface area contributed by atoms with Crippen LogP contribution in [0.2, 0.25) is 0 Å². The number of benzene rings is 2. The molecule has 0 radical (unpaired) electrons. The second-order valence-corrected chi connectivity index (χ2v) is 6.16. The van der Waals surface area contributed by atoms with Crippen molar-refractivity contribution < 1.29 is 9.66 Å². The summed E-state index contributed by atoms with van der Waals surface area (Å²) in [7, 11) is 1.57. The van der Waals surface area contributed by atoms with Gasteiger partial charge in [0.15, 0.2) is 0 Å². The van der Waals surface area contributed by atoms with Crippen molar-refractivity contribution in [3.05, 3.63) is 74.4 Å². The van der Waals surface area contributed by atoms with Crippen molar-refractivity contribution >= 4 is 26.8 Å². The Balaban J connectivity index is 2.19. The molecule has 1 aromatic heterocycles. The Morgan fingerprint density at radius 3 is 2.78 bits per heavy atom. The molecule has 0 unspecified atom stereocenters. The van der Waals surface area contributed by atoms with Gasteiger partial charge in [-0.25, -0.2) is 0 Å². The highest BCUT2D eigenvalue weighted by Gasteiger charge is 2.26. The van der Waals surface area contributed by atoms with Crippen molar-refractivity contribution in [3.63, 3.8) is 0 Å². The molecule has 0 aliphatic heterocycles. The van der Waals surface area contributed by atoms with Crippen LogP contribution in [0.3, 0.4) is 0 Å². The van der Waals surface area contributed by atoms with E-state index in [-0.39, 0.29) is 11.5 Å². The van der Waals surface area contributed by atoms with Gasteiger partial charge in [0, 0.05) is 32.1 Å². The Labute approximate surface area is 141 Å². The lowest BCUT2D eigenvalue weighted by Crippen LogP contribution is -2.14. The van der Waals surface area contributed by atoms with Gasteiger partial charge in [-0.3, -0.25) is 10.1 Å². The summed E-state index contributed by atoms with van der Waals surface area (Å²) in [5.41, 5.74) is 2.65. The highest BCUT2D eigenvalue weighted by Crippen LogP contribution is 2.37. The molecular formula is C17H15BrN2O3. The Bertz CT molecular complexity index is 860. The van der Waals surface area contributed by atoms with E-state index in [0.717, 1.165) is 26.5 Å². The topological polar surface area (TPSA) is 68.2 Å². The molecular weight excluding hydrogens is 360 g/mol. The number of nitrogens with one attached hydrogen (secondary N) is 1. The van der Waals surface area contributed by atoms with Crippen LogP contribution in [0.15, 0.2) is 53.1 Å². The standard InChI is InChI=1S/C17H15BrN2O3/c1-23-17-7-6-11(18)8-13(17)15(10-20(21)22)14-9-19-16-5-3-2-4-12(14)16/h2-9,15,19H,10H2,1H3/t15-/m0/s1. The largest absolute Gasteiger partial charge is 0.496 e. The predicted octanol–water partition coefficient (Wildman–Crippen LogP) is 4.35. The number of nitrogens with zero attached hydrogens (tertiary/aromatic N) is 1. The number of para-hydroxylation sites is 1. The zero-order valence-electron chi connectivity index (χ0n) is 12.5. The van der Waals surface area contributed by atoms with Crippen LogP contribution in [-0.2, 0) is 0 Å². The third kappa shape index (κ3) is 3.07. The van der Waals surface area contributed by atoms with Crippen LogP contribution >= 0.6 is 15.9 Å². The van der Waals surface area contributed by atoms with E-state index in [4.69, 9.17) is 4.74 Å². The highest BCUT2D eigenvalue weighted by atomic mass is 79.9. The summed E-state index contributed by atoms with van der Waals surface area (Å²) in [4.78, 5) is 14.1. The summed E-state index contributed by atoms with van der Waals surface area (Å²) in [6.07, 6.45) is 1.85. The molecule has 0 amide bonds. The minimum absolute atomic E-state index is 0.200. The minimum atomic E-state index is -0.395. The van der Waals surface area contributed by atoms with Crippen LogP contribution in [0, 0.1) is 10.1 Å². The molecule has 0 aliphatic rings. The van der Waals surface area contributed by atoms with Gasteiger partial charge in [-0.2, -0.15) is 0 Å². The minimum Gasteiger partial charge on any atom is -0.496 e.